The minimum Gasteiger partial charge on any atom is -0.294 e. The number of hydrogen-bond donors (Lipinski definition) is 0. The number of allylic oxidation sites excluding steroid dienone is 1. The molecule has 3 unspecified atom stereocenters. The van der Waals surface area contributed by atoms with Crippen LogP contribution in [0.25, 0.3) is 17.2 Å². The molecule has 0 radical (unpaired) electrons. The van der Waals surface area contributed by atoms with E-state index >= 15 is 0 Å². The molecular formula is C28H33N5O3S. The van der Waals surface area contributed by atoms with E-state index in [9.17, 15) is 13.2 Å². The SMILES string of the molecule is CCN(Cc1ccccn1)S(=O)(=O)CC1CCC2C=Cc3ncc(-c4cnn(C)c4)cc3C(=O)C2CC1. The quantitative estimate of drug-likeness (QED) is 0.460. The largest absolute Gasteiger partial charge is 0.294 e. The summed E-state index contributed by atoms with van der Waals surface area (Å²) < 4.78 is 29.9. The molecular weight excluding hydrogens is 486 g/mol. The van der Waals surface area contributed by atoms with Crippen molar-refractivity contribution in [2.75, 3.05) is 12.3 Å². The fraction of sp³-hybridized carbons (Fsp3) is 0.429. The first kappa shape index (κ1) is 25.5. The molecule has 3 aromatic rings. The Morgan fingerprint density at radius 1 is 1.08 bits per heavy atom. The molecule has 0 bridgehead atoms. The minimum atomic E-state index is -3.45. The first-order valence-electron chi connectivity index (χ1n) is 12.9. The van der Waals surface area contributed by atoms with Crippen molar-refractivity contribution in [3.8, 4) is 11.1 Å². The van der Waals surface area contributed by atoms with Crippen LogP contribution in [-0.4, -0.2) is 50.6 Å². The van der Waals surface area contributed by atoms with Gasteiger partial charge in [-0.25, -0.2) is 8.42 Å². The van der Waals surface area contributed by atoms with E-state index in [1.807, 2.05) is 50.5 Å². The summed E-state index contributed by atoms with van der Waals surface area (Å²) in [6, 6.07) is 7.47. The van der Waals surface area contributed by atoms with Crippen molar-refractivity contribution in [1.29, 1.82) is 0 Å². The second kappa shape index (κ2) is 10.7. The van der Waals surface area contributed by atoms with Crippen molar-refractivity contribution in [3.05, 3.63) is 72.1 Å². The molecule has 8 nitrogen and oxygen atoms in total. The molecule has 3 aromatic heterocycles. The lowest BCUT2D eigenvalue weighted by Gasteiger charge is -2.23. The lowest BCUT2D eigenvalue weighted by molar-refractivity contribution is 0.0883. The van der Waals surface area contributed by atoms with E-state index in [2.05, 4.69) is 21.1 Å². The van der Waals surface area contributed by atoms with Crippen molar-refractivity contribution in [1.82, 2.24) is 24.1 Å². The number of aryl methyl sites for hydroxylation is 1. The maximum Gasteiger partial charge on any atom is 0.214 e. The third-order valence-electron chi connectivity index (χ3n) is 7.63. The number of nitrogens with zero attached hydrogens (tertiary/aromatic N) is 5. The predicted octanol–water partition coefficient (Wildman–Crippen LogP) is 4.36. The fourth-order valence-corrected chi connectivity index (χ4v) is 7.42. The summed E-state index contributed by atoms with van der Waals surface area (Å²) in [4.78, 5) is 22.6. The van der Waals surface area contributed by atoms with E-state index < -0.39 is 10.0 Å². The van der Waals surface area contributed by atoms with Crippen LogP contribution in [-0.2, 0) is 23.6 Å². The predicted molar refractivity (Wildman–Crippen MR) is 143 cm³/mol. The summed E-state index contributed by atoms with van der Waals surface area (Å²) in [6.07, 6.45) is 14.2. The fourth-order valence-electron chi connectivity index (χ4n) is 5.56. The normalized spacial score (nSPS) is 21.8. The van der Waals surface area contributed by atoms with Crippen LogP contribution >= 0.6 is 0 Å². The zero-order chi connectivity index (χ0) is 26.0. The highest BCUT2D eigenvalue weighted by atomic mass is 32.2. The molecule has 9 heteroatoms. The molecule has 0 aromatic carbocycles. The first-order valence-corrected chi connectivity index (χ1v) is 14.5. The second-order valence-corrected chi connectivity index (χ2v) is 12.1. The van der Waals surface area contributed by atoms with Gasteiger partial charge < -0.3 is 0 Å². The van der Waals surface area contributed by atoms with Crippen molar-refractivity contribution in [3.63, 3.8) is 0 Å². The van der Waals surface area contributed by atoms with Crippen LogP contribution < -0.4 is 0 Å². The zero-order valence-electron chi connectivity index (χ0n) is 21.3. The van der Waals surface area contributed by atoms with Crippen LogP contribution in [0.15, 0.2) is 55.1 Å². The van der Waals surface area contributed by atoms with E-state index in [1.165, 1.54) is 4.31 Å². The molecule has 0 aliphatic heterocycles. The average Bonchev–Trinajstić information content (AvgIpc) is 3.17. The number of rotatable bonds is 7. The van der Waals surface area contributed by atoms with Crippen molar-refractivity contribution >= 4 is 21.9 Å². The average molecular weight is 520 g/mol. The van der Waals surface area contributed by atoms with Gasteiger partial charge in [0, 0.05) is 54.8 Å². The summed E-state index contributed by atoms with van der Waals surface area (Å²) in [7, 11) is -1.59. The Labute approximate surface area is 218 Å². The lowest BCUT2D eigenvalue weighted by Crippen LogP contribution is -2.35. The second-order valence-electron chi connectivity index (χ2n) is 10.1. The molecule has 2 aliphatic rings. The maximum absolute atomic E-state index is 13.7. The van der Waals surface area contributed by atoms with Gasteiger partial charge in [-0.1, -0.05) is 19.1 Å². The highest BCUT2D eigenvalue weighted by Gasteiger charge is 2.36. The van der Waals surface area contributed by atoms with E-state index in [0.29, 0.717) is 30.6 Å². The minimum absolute atomic E-state index is 0.0234. The lowest BCUT2D eigenvalue weighted by atomic mass is 9.83. The van der Waals surface area contributed by atoms with Crippen LogP contribution in [0.3, 0.4) is 0 Å². The number of Topliss-reactive ketones (excluding diaryl/α,β-unsaturated/α-hetero) is 1. The van der Waals surface area contributed by atoms with Crippen molar-refractivity contribution < 1.29 is 13.2 Å². The van der Waals surface area contributed by atoms with E-state index in [0.717, 1.165) is 29.7 Å². The smallest absolute Gasteiger partial charge is 0.214 e. The number of pyridine rings is 2. The number of carbonyl (C=O) groups excluding carboxylic acids is 1. The molecule has 0 spiro atoms. The topological polar surface area (TPSA) is 98.1 Å². The van der Waals surface area contributed by atoms with Gasteiger partial charge in [-0.3, -0.25) is 19.4 Å². The summed E-state index contributed by atoms with van der Waals surface area (Å²) in [5.41, 5.74) is 3.89. The van der Waals surface area contributed by atoms with Crippen LogP contribution in [0.1, 0.15) is 54.4 Å². The Bertz CT molecular complexity index is 1400. The van der Waals surface area contributed by atoms with Gasteiger partial charge in [-0.05, 0) is 61.8 Å². The molecule has 37 heavy (non-hydrogen) atoms. The highest BCUT2D eigenvalue weighted by molar-refractivity contribution is 7.89. The summed E-state index contributed by atoms with van der Waals surface area (Å²) in [5, 5.41) is 4.23. The van der Waals surface area contributed by atoms with E-state index in [-0.39, 0.29) is 35.8 Å². The number of sulfonamides is 1. The van der Waals surface area contributed by atoms with Gasteiger partial charge in [0.1, 0.15) is 0 Å². The molecule has 2 aliphatic carbocycles. The van der Waals surface area contributed by atoms with Crippen LogP contribution in [0.4, 0.5) is 0 Å². The number of carbonyl (C=O) groups is 1. The molecule has 0 N–H and O–H groups in total. The van der Waals surface area contributed by atoms with Crippen LogP contribution in [0, 0.1) is 17.8 Å². The first-order chi connectivity index (χ1) is 17.8. The third kappa shape index (κ3) is 5.57. The number of hydrogen-bond acceptors (Lipinski definition) is 6. The molecule has 1 fully saturated rings. The van der Waals surface area contributed by atoms with Gasteiger partial charge >= 0.3 is 0 Å². The molecule has 5 rings (SSSR count). The van der Waals surface area contributed by atoms with Gasteiger partial charge in [0.25, 0.3) is 0 Å². The third-order valence-corrected chi connectivity index (χ3v) is 9.69. The van der Waals surface area contributed by atoms with E-state index in [4.69, 9.17) is 0 Å². The number of fused-ring (bicyclic) bond motifs is 2. The van der Waals surface area contributed by atoms with Crippen LogP contribution in [0.2, 0.25) is 0 Å². The maximum atomic E-state index is 13.7. The van der Waals surface area contributed by atoms with Crippen molar-refractivity contribution in [2.45, 2.75) is 39.2 Å². The number of aromatic nitrogens is 4. The Balaban J connectivity index is 1.30. The van der Waals surface area contributed by atoms with Gasteiger partial charge in [0.15, 0.2) is 5.78 Å². The van der Waals surface area contributed by atoms with Gasteiger partial charge in [-0.15, -0.1) is 0 Å². The summed E-state index contributed by atoms with van der Waals surface area (Å²) in [6.45, 7) is 2.55. The molecule has 3 heterocycles. The monoisotopic (exact) mass is 519 g/mol. The highest BCUT2D eigenvalue weighted by Crippen LogP contribution is 2.39. The summed E-state index contributed by atoms with van der Waals surface area (Å²) in [5.74, 6) is 0.167. The molecule has 194 valence electrons. The molecule has 0 saturated heterocycles. The molecule has 1 saturated carbocycles. The van der Waals surface area contributed by atoms with Crippen molar-refractivity contribution in [2.24, 2.45) is 24.8 Å². The number of ketones is 1. The van der Waals surface area contributed by atoms with Crippen LogP contribution in [0.5, 0.6) is 0 Å². The summed E-state index contributed by atoms with van der Waals surface area (Å²) >= 11 is 0. The standard InChI is InChI=1S/C28H33N5O3S/c1-3-33(18-24-6-4-5-13-29-24)37(35,36)19-20-7-9-21-10-12-27-26(28(34)25(21)11-8-20)14-22(15-30-27)23-16-31-32(2)17-23/h4-6,10,12-17,20-21,25H,3,7-9,11,18-19H2,1-2H3. The Morgan fingerprint density at radius 2 is 1.92 bits per heavy atom. The van der Waals surface area contributed by atoms with E-state index in [1.54, 1.807) is 23.3 Å². The Morgan fingerprint density at radius 3 is 2.65 bits per heavy atom. The Kier molecular flexibility index (Phi) is 7.35. The van der Waals surface area contributed by atoms with Gasteiger partial charge in [0.2, 0.25) is 10.0 Å². The van der Waals surface area contributed by atoms with Gasteiger partial charge in [0.05, 0.1) is 29.9 Å². The zero-order valence-corrected chi connectivity index (χ0v) is 22.1. The van der Waals surface area contributed by atoms with Gasteiger partial charge in [-0.2, -0.15) is 9.40 Å². The Hall–Kier alpha value is -3.17. The molecule has 3 atom stereocenters. The molecule has 0 amide bonds.